The van der Waals surface area contributed by atoms with Gasteiger partial charge in [0.1, 0.15) is 0 Å². The first-order chi connectivity index (χ1) is 10.5. The zero-order valence-corrected chi connectivity index (χ0v) is 12.4. The van der Waals surface area contributed by atoms with Crippen LogP contribution in [0.5, 0.6) is 0 Å². The number of hydrogen-bond donors (Lipinski definition) is 2. The van der Waals surface area contributed by atoms with Gasteiger partial charge in [-0.1, -0.05) is 92.6 Å². The van der Waals surface area contributed by atoms with Gasteiger partial charge in [-0.15, -0.1) is 0 Å². The van der Waals surface area contributed by atoms with Gasteiger partial charge in [0.2, 0.25) is 0 Å². The van der Waals surface area contributed by atoms with E-state index in [2.05, 4.69) is 19.7 Å². The maximum Gasteiger partial charge on any atom is 0.503 e. The average molecular weight is 296 g/mol. The van der Waals surface area contributed by atoms with E-state index < -0.39 is 6.16 Å². The van der Waals surface area contributed by atoms with E-state index in [4.69, 9.17) is 15.0 Å². The largest absolute Gasteiger partial charge is 0.503 e. The Labute approximate surface area is 131 Å². The Hall–Kier alpha value is -3.07. The quantitative estimate of drug-likeness (QED) is 0.783. The van der Waals surface area contributed by atoms with E-state index in [9.17, 15) is 0 Å². The summed E-state index contributed by atoms with van der Waals surface area (Å²) in [7, 11) is 0. The minimum Gasteiger partial charge on any atom is -0.450 e. The van der Waals surface area contributed by atoms with Crippen LogP contribution in [0, 0.1) is 0 Å². The highest BCUT2D eigenvalue weighted by molar-refractivity contribution is 5.63. The summed E-state index contributed by atoms with van der Waals surface area (Å²) in [5, 5.41) is 13.9. The van der Waals surface area contributed by atoms with Crippen LogP contribution < -0.4 is 0 Å². The molecule has 0 aliphatic rings. The van der Waals surface area contributed by atoms with Crippen LogP contribution in [0.1, 0.15) is 16.7 Å². The highest BCUT2D eigenvalue weighted by atomic mass is 16.6. The number of carboxylic acid groups (broad SMARTS) is 2. The lowest BCUT2D eigenvalue weighted by Gasteiger charge is -1.96. The van der Waals surface area contributed by atoms with Gasteiger partial charge in [-0.3, -0.25) is 0 Å². The van der Waals surface area contributed by atoms with E-state index in [1.54, 1.807) is 0 Å². The third kappa shape index (κ3) is 8.93. The molecule has 0 unspecified atom stereocenters. The van der Waals surface area contributed by atoms with Crippen molar-refractivity contribution in [2.75, 3.05) is 0 Å². The lowest BCUT2D eigenvalue weighted by atomic mass is 10.1. The Bertz CT molecular complexity index is 570. The van der Waals surface area contributed by atoms with Crippen molar-refractivity contribution >= 4 is 24.4 Å². The molecule has 0 amide bonds. The van der Waals surface area contributed by atoms with Crippen LogP contribution in [-0.2, 0) is 0 Å². The van der Waals surface area contributed by atoms with Crippen molar-refractivity contribution in [2.45, 2.75) is 0 Å². The normalized spacial score (nSPS) is 8.18. The molecule has 0 aromatic heterocycles. The van der Waals surface area contributed by atoms with Crippen molar-refractivity contribution in [2.24, 2.45) is 0 Å². The Morgan fingerprint density at radius 2 is 1.09 bits per heavy atom. The Morgan fingerprint density at radius 1 is 0.727 bits per heavy atom. The molecule has 0 spiro atoms. The van der Waals surface area contributed by atoms with Gasteiger partial charge in [0.25, 0.3) is 0 Å². The standard InChI is InChI=1S/C10H10.C8H8.CH2O3/c1-3-9-7-5-6-8-10(9)4-2;1-2-8-6-4-3-5-7-8;2-1(3)4/h3-8H,1-2H2;2-7H,1H2;(H2,2,3,4). The zero-order chi connectivity index (χ0) is 16.8. The Kier molecular flexibility index (Phi) is 10.1. The summed E-state index contributed by atoms with van der Waals surface area (Å²) in [4.78, 5) is 8.56. The summed E-state index contributed by atoms with van der Waals surface area (Å²) >= 11 is 0. The second-order valence-corrected chi connectivity index (χ2v) is 3.93. The molecule has 0 saturated heterocycles. The molecule has 0 heterocycles. The Balaban J connectivity index is 0.000000330. The van der Waals surface area contributed by atoms with Gasteiger partial charge >= 0.3 is 6.16 Å². The molecule has 3 nitrogen and oxygen atoms in total. The molecule has 2 rings (SSSR count). The predicted molar refractivity (Wildman–Crippen MR) is 93.8 cm³/mol. The second kappa shape index (κ2) is 11.7. The van der Waals surface area contributed by atoms with Crippen LogP contribution in [0.2, 0.25) is 0 Å². The summed E-state index contributed by atoms with van der Waals surface area (Å²) < 4.78 is 0. The molecule has 114 valence electrons. The first kappa shape index (κ1) is 18.9. The maximum atomic E-state index is 8.56. The molecule has 0 fully saturated rings. The number of benzene rings is 2. The molecular formula is C19H20O3. The monoisotopic (exact) mass is 296 g/mol. The molecule has 2 aromatic carbocycles. The van der Waals surface area contributed by atoms with Gasteiger partial charge in [0, 0.05) is 0 Å². The summed E-state index contributed by atoms with van der Waals surface area (Å²) in [6.45, 7) is 11.0. The third-order valence-electron chi connectivity index (χ3n) is 2.47. The highest BCUT2D eigenvalue weighted by Gasteiger charge is 1.89. The molecule has 2 N–H and O–H groups in total. The lowest BCUT2D eigenvalue weighted by molar-refractivity contribution is 0.137. The van der Waals surface area contributed by atoms with E-state index in [0.717, 1.165) is 11.1 Å². The van der Waals surface area contributed by atoms with Crippen molar-refractivity contribution in [3.05, 3.63) is 91.0 Å². The Morgan fingerprint density at radius 3 is 1.36 bits per heavy atom. The molecule has 0 aliphatic heterocycles. The predicted octanol–water partition coefficient (Wildman–Crippen LogP) is 5.52. The topological polar surface area (TPSA) is 57.5 Å². The van der Waals surface area contributed by atoms with E-state index >= 15 is 0 Å². The molecule has 0 radical (unpaired) electrons. The zero-order valence-electron chi connectivity index (χ0n) is 12.4. The number of rotatable bonds is 3. The smallest absolute Gasteiger partial charge is 0.450 e. The molecule has 22 heavy (non-hydrogen) atoms. The molecular weight excluding hydrogens is 276 g/mol. The van der Waals surface area contributed by atoms with Gasteiger partial charge in [-0.25, -0.2) is 4.79 Å². The van der Waals surface area contributed by atoms with Gasteiger partial charge in [0.15, 0.2) is 0 Å². The molecule has 0 atom stereocenters. The van der Waals surface area contributed by atoms with Crippen molar-refractivity contribution in [1.29, 1.82) is 0 Å². The average Bonchev–Trinajstić information content (AvgIpc) is 2.55. The van der Waals surface area contributed by atoms with E-state index in [0.29, 0.717) is 0 Å². The highest BCUT2D eigenvalue weighted by Crippen LogP contribution is 2.10. The van der Waals surface area contributed by atoms with Gasteiger partial charge in [-0.05, 0) is 16.7 Å². The van der Waals surface area contributed by atoms with Crippen molar-refractivity contribution in [3.63, 3.8) is 0 Å². The molecule has 2 aromatic rings. The lowest BCUT2D eigenvalue weighted by Crippen LogP contribution is -1.81. The minimum atomic E-state index is -1.83. The second-order valence-electron chi connectivity index (χ2n) is 3.93. The SMILES string of the molecule is C=Cc1ccccc1.C=Cc1ccccc1C=C.O=C(O)O. The van der Waals surface area contributed by atoms with Crippen LogP contribution in [-0.4, -0.2) is 16.4 Å². The fourth-order valence-corrected chi connectivity index (χ4v) is 1.47. The fourth-order valence-electron chi connectivity index (χ4n) is 1.47. The van der Waals surface area contributed by atoms with Crippen LogP contribution >= 0.6 is 0 Å². The van der Waals surface area contributed by atoms with E-state index in [1.807, 2.05) is 72.8 Å². The first-order valence-corrected chi connectivity index (χ1v) is 6.48. The van der Waals surface area contributed by atoms with Crippen LogP contribution in [0.3, 0.4) is 0 Å². The van der Waals surface area contributed by atoms with Gasteiger partial charge < -0.3 is 10.2 Å². The van der Waals surface area contributed by atoms with Crippen LogP contribution in [0.15, 0.2) is 74.3 Å². The van der Waals surface area contributed by atoms with Gasteiger partial charge in [-0.2, -0.15) is 0 Å². The van der Waals surface area contributed by atoms with E-state index in [-0.39, 0.29) is 0 Å². The summed E-state index contributed by atoms with van der Waals surface area (Å²) in [5.41, 5.74) is 3.45. The fraction of sp³-hybridized carbons (Fsp3) is 0. The molecule has 0 saturated carbocycles. The summed E-state index contributed by atoms with van der Waals surface area (Å²) in [5.74, 6) is 0. The van der Waals surface area contributed by atoms with Crippen molar-refractivity contribution in [3.8, 4) is 0 Å². The number of carbonyl (C=O) groups is 1. The minimum absolute atomic E-state index is 1.14. The van der Waals surface area contributed by atoms with Crippen molar-refractivity contribution < 1.29 is 15.0 Å². The summed E-state index contributed by atoms with van der Waals surface area (Å²) in [6, 6.07) is 18.0. The molecule has 3 heteroatoms. The number of hydrogen-bond acceptors (Lipinski definition) is 1. The van der Waals surface area contributed by atoms with Crippen molar-refractivity contribution in [1.82, 2.24) is 0 Å². The maximum absolute atomic E-state index is 8.56. The third-order valence-corrected chi connectivity index (χ3v) is 2.47. The van der Waals surface area contributed by atoms with E-state index in [1.165, 1.54) is 5.56 Å². The molecule has 0 bridgehead atoms. The van der Waals surface area contributed by atoms with Crippen LogP contribution in [0.4, 0.5) is 4.79 Å². The summed E-state index contributed by atoms with van der Waals surface area (Å²) in [6.07, 6.45) is 3.66. The first-order valence-electron chi connectivity index (χ1n) is 6.48. The molecule has 0 aliphatic carbocycles. The van der Waals surface area contributed by atoms with Gasteiger partial charge in [0.05, 0.1) is 0 Å². The van der Waals surface area contributed by atoms with Crippen LogP contribution in [0.25, 0.3) is 18.2 Å².